The summed E-state index contributed by atoms with van der Waals surface area (Å²) in [5.41, 5.74) is 3.64. The zero-order valence-electron chi connectivity index (χ0n) is 12.4. The molecule has 1 N–H and O–H groups in total. The molecule has 0 aliphatic heterocycles. The van der Waals surface area contributed by atoms with Crippen molar-refractivity contribution < 1.29 is 4.74 Å². The molecule has 110 valence electrons. The molecular weight excluding hydrogens is 326 g/mol. The molecule has 0 spiro atoms. The summed E-state index contributed by atoms with van der Waals surface area (Å²) in [5, 5.41) is 3.55. The predicted octanol–water partition coefficient (Wildman–Crippen LogP) is 5.11. The van der Waals surface area contributed by atoms with Crippen LogP contribution in [0.5, 0.6) is 11.5 Å². The Balaban J connectivity index is 1.83. The molecule has 2 aromatic carbocycles. The highest BCUT2D eigenvalue weighted by atomic mass is 79.9. The Kier molecular flexibility index (Phi) is 4.32. The maximum Gasteiger partial charge on any atom is 0.133 e. The van der Waals surface area contributed by atoms with E-state index in [9.17, 15) is 0 Å². The van der Waals surface area contributed by atoms with E-state index in [4.69, 9.17) is 4.74 Å². The molecule has 2 aromatic rings. The fraction of sp³-hybridized carbons (Fsp3) is 0.333. The first-order valence-electron chi connectivity index (χ1n) is 7.38. The quantitative estimate of drug-likeness (QED) is 0.812. The van der Waals surface area contributed by atoms with Gasteiger partial charge in [-0.2, -0.15) is 0 Å². The summed E-state index contributed by atoms with van der Waals surface area (Å²) in [7, 11) is 0. The molecule has 1 aliphatic carbocycles. The molecule has 0 atom stereocenters. The SMILES string of the molecule is Cc1cc(C)cc(Oc2cc(Br)ccc2CNC2CC2)c1. The lowest BCUT2D eigenvalue weighted by atomic mass is 10.1. The number of aryl methyl sites for hydroxylation is 2. The highest BCUT2D eigenvalue weighted by Gasteiger charge is 2.20. The smallest absolute Gasteiger partial charge is 0.133 e. The van der Waals surface area contributed by atoms with Crippen molar-refractivity contribution in [3.05, 3.63) is 57.6 Å². The zero-order chi connectivity index (χ0) is 14.8. The van der Waals surface area contributed by atoms with Crippen LogP contribution in [0.15, 0.2) is 40.9 Å². The van der Waals surface area contributed by atoms with Crippen LogP contribution in [0.2, 0.25) is 0 Å². The Morgan fingerprint density at radius 2 is 1.81 bits per heavy atom. The van der Waals surface area contributed by atoms with Crippen molar-refractivity contribution >= 4 is 15.9 Å². The second-order valence-corrected chi connectivity index (χ2v) is 6.75. The Bertz CT molecular complexity index is 629. The van der Waals surface area contributed by atoms with Crippen molar-refractivity contribution in [1.82, 2.24) is 5.32 Å². The first-order chi connectivity index (χ1) is 10.1. The van der Waals surface area contributed by atoms with Gasteiger partial charge in [-0.3, -0.25) is 0 Å². The molecule has 1 saturated carbocycles. The molecule has 3 heteroatoms. The van der Waals surface area contributed by atoms with Gasteiger partial charge in [-0.05, 0) is 62.1 Å². The summed E-state index contributed by atoms with van der Waals surface area (Å²) in [6.45, 7) is 5.05. The van der Waals surface area contributed by atoms with Crippen LogP contribution >= 0.6 is 15.9 Å². The second-order valence-electron chi connectivity index (χ2n) is 5.83. The van der Waals surface area contributed by atoms with Crippen LogP contribution in [0.4, 0.5) is 0 Å². The van der Waals surface area contributed by atoms with Crippen LogP contribution in [0, 0.1) is 13.8 Å². The largest absolute Gasteiger partial charge is 0.457 e. The van der Waals surface area contributed by atoms with E-state index in [1.807, 2.05) is 6.07 Å². The number of halogens is 1. The Morgan fingerprint density at radius 3 is 2.48 bits per heavy atom. The Hall–Kier alpha value is -1.32. The van der Waals surface area contributed by atoms with Gasteiger partial charge in [0, 0.05) is 22.6 Å². The molecule has 1 aliphatic rings. The highest BCUT2D eigenvalue weighted by Crippen LogP contribution is 2.30. The minimum Gasteiger partial charge on any atom is -0.457 e. The minimum atomic E-state index is 0.697. The van der Waals surface area contributed by atoms with Gasteiger partial charge in [0.2, 0.25) is 0 Å². The summed E-state index contributed by atoms with van der Waals surface area (Å²) >= 11 is 3.53. The number of nitrogens with one attached hydrogen (secondary N) is 1. The fourth-order valence-electron chi connectivity index (χ4n) is 2.43. The third-order valence-corrected chi connectivity index (χ3v) is 4.10. The third-order valence-electron chi connectivity index (χ3n) is 3.61. The molecule has 3 rings (SSSR count). The molecule has 0 bridgehead atoms. The maximum absolute atomic E-state index is 6.13. The molecule has 0 heterocycles. The summed E-state index contributed by atoms with van der Waals surface area (Å²) in [5.74, 6) is 1.82. The average Bonchev–Trinajstić information content (AvgIpc) is 3.20. The van der Waals surface area contributed by atoms with Crippen molar-refractivity contribution in [2.75, 3.05) is 0 Å². The maximum atomic E-state index is 6.13. The standard InChI is InChI=1S/C18H20BrNO/c1-12-7-13(2)9-17(8-12)21-18-10-15(19)4-3-14(18)11-20-16-5-6-16/h3-4,7-10,16,20H,5-6,11H2,1-2H3. The number of rotatable bonds is 5. The predicted molar refractivity (Wildman–Crippen MR) is 90.0 cm³/mol. The highest BCUT2D eigenvalue weighted by molar-refractivity contribution is 9.10. The van der Waals surface area contributed by atoms with E-state index in [2.05, 4.69) is 65.4 Å². The Morgan fingerprint density at radius 1 is 1.10 bits per heavy atom. The van der Waals surface area contributed by atoms with Gasteiger partial charge in [-0.1, -0.05) is 28.1 Å². The van der Waals surface area contributed by atoms with Crippen molar-refractivity contribution in [3.63, 3.8) is 0 Å². The van der Waals surface area contributed by atoms with Gasteiger partial charge >= 0.3 is 0 Å². The van der Waals surface area contributed by atoms with E-state index >= 15 is 0 Å². The van der Waals surface area contributed by atoms with E-state index < -0.39 is 0 Å². The van der Waals surface area contributed by atoms with Gasteiger partial charge in [0.05, 0.1) is 0 Å². The topological polar surface area (TPSA) is 21.3 Å². The van der Waals surface area contributed by atoms with E-state index in [1.165, 1.54) is 29.5 Å². The van der Waals surface area contributed by atoms with Crippen molar-refractivity contribution in [2.45, 2.75) is 39.3 Å². The number of hydrogen-bond acceptors (Lipinski definition) is 2. The molecule has 0 unspecified atom stereocenters. The van der Waals surface area contributed by atoms with Crippen LogP contribution in [0.3, 0.4) is 0 Å². The molecule has 0 radical (unpaired) electrons. The molecular formula is C18H20BrNO. The summed E-state index contributed by atoms with van der Waals surface area (Å²) < 4.78 is 7.17. The molecule has 0 amide bonds. The van der Waals surface area contributed by atoms with Gasteiger partial charge in [0.15, 0.2) is 0 Å². The van der Waals surface area contributed by atoms with Gasteiger partial charge in [0.25, 0.3) is 0 Å². The monoisotopic (exact) mass is 345 g/mol. The van der Waals surface area contributed by atoms with Crippen LogP contribution in [-0.2, 0) is 6.54 Å². The lowest BCUT2D eigenvalue weighted by Crippen LogP contribution is -2.15. The average molecular weight is 346 g/mol. The van der Waals surface area contributed by atoms with Gasteiger partial charge in [-0.15, -0.1) is 0 Å². The lowest BCUT2D eigenvalue weighted by molar-refractivity contribution is 0.471. The van der Waals surface area contributed by atoms with Crippen molar-refractivity contribution in [2.24, 2.45) is 0 Å². The van der Waals surface area contributed by atoms with Crippen LogP contribution < -0.4 is 10.1 Å². The normalized spacial score (nSPS) is 14.2. The minimum absolute atomic E-state index is 0.697. The molecule has 21 heavy (non-hydrogen) atoms. The van der Waals surface area contributed by atoms with Crippen LogP contribution in [0.1, 0.15) is 29.5 Å². The summed E-state index contributed by atoms with van der Waals surface area (Å²) in [6.07, 6.45) is 2.59. The third kappa shape index (κ3) is 4.08. The number of hydrogen-bond donors (Lipinski definition) is 1. The first kappa shape index (κ1) is 14.6. The van der Waals surface area contributed by atoms with Crippen LogP contribution in [-0.4, -0.2) is 6.04 Å². The van der Waals surface area contributed by atoms with Gasteiger partial charge in [0.1, 0.15) is 11.5 Å². The molecule has 0 saturated heterocycles. The molecule has 1 fully saturated rings. The number of ether oxygens (including phenoxy) is 1. The summed E-state index contributed by atoms with van der Waals surface area (Å²) in [6, 6.07) is 13.2. The zero-order valence-corrected chi connectivity index (χ0v) is 14.0. The van der Waals surface area contributed by atoms with Gasteiger partial charge < -0.3 is 10.1 Å². The van der Waals surface area contributed by atoms with E-state index in [0.29, 0.717) is 6.04 Å². The first-order valence-corrected chi connectivity index (χ1v) is 8.17. The fourth-order valence-corrected chi connectivity index (χ4v) is 2.77. The number of benzene rings is 2. The lowest BCUT2D eigenvalue weighted by Gasteiger charge is -2.13. The van der Waals surface area contributed by atoms with Crippen LogP contribution in [0.25, 0.3) is 0 Å². The van der Waals surface area contributed by atoms with Crippen molar-refractivity contribution in [1.29, 1.82) is 0 Å². The summed E-state index contributed by atoms with van der Waals surface area (Å²) in [4.78, 5) is 0. The molecule has 0 aromatic heterocycles. The van der Waals surface area contributed by atoms with Gasteiger partial charge in [-0.25, -0.2) is 0 Å². The van der Waals surface area contributed by atoms with E-state index in [0.717, 1.165) is 22.5 Å². The van der Waals surface area contributed by atoms with E-state index in [1.54, 1.807) is 0 Å². The van der Waals surface area contributed by atoms with Crippen molar-refractivity contribution in [3.8, 4) is 11.5 Å². The Labute approximate surface area is 134 Å². The molecule has 2 nitrogen and oxygen atoms in total. The van der Waals surface area contributed by atoms with E-state index in [-0.39, 0.29) is 0 Å². The second kappa shape index (κ2) is 6.20.